The lowest BCUT2D eigenvalue weighted by molar-refractivity contribution is 0.0673. The number of hydrogen-bond acceptors (Lipinski definition) is 4. The number of benzene rings is 1. The molecule has 1 fully saturated rings. The van der Waals surface area contributed by atoms with E-state index in [0.717, 1.165) is 29.9 Å². The Kier molecular flexibility index (Phi) is 3.94. The summed E-state index contributed by atoms with van der Waals surface area (Å²) >= 11 is 0. The molecule has 0 unspecified atom stereocenters. The molecule has 3 rings (SSSR count). The molecule has 1 aliphatic heterocycles. The van der Waals surface area contributed by atoms with Crippen LogP contribution in [0.3, 0.4) is 0 Å². The summed E-state index contributed by atoms with van der Waals surface area (Å²) in [6, 6.07) is 6.40. The maximum absolute atomic E-state index is 12.8. The van der Waals surface area contributed by atoms with Gasteiger partial charge in [-0.1, -0.05) is 0 Å². The van der Waals surface area contributed by atoms with Gasteiger partial charge in [0.1, 0.15) is 12.7 Å². The fraction of sp³-hybridized carbons (Fsp3) is 0.438. The van der Waals surface area contributed by atoms with Crippen molar-refractivity contribution in [1.29, 1.82) is 0 Å². The zero-order chi connectivity index (χ0) is 15.7. The third kappa shape index (κ3) is 2.87. The number of aromatic nitrogens is 3. The molecule has 22 heavy (non-hydrogen) atoms. The Morgan fingerprint density at radius 2 is 2.00 bits per heavy atom. The molecule has 1 aromatic heterocycles. The van der Waals surface area contributed by atoms with Gasteiger partial charge in [-0.05, 0) is 44.5 Å². The first kappa shape index (κ1) is 14.7. The summed E-state index contributed by atoms with van der Waals surface area (Å²) < 4.78 is 1.69. The number of rotatable bonds is 2. The van der Waals surface area contributed by atoms with E-state index in [1.54, 1.807) is 11.0 Å². The highest BCUT2D eigenvalue weighted by Crippen LogP contribution is 2.17. The standard InChI is InChI=1S/C16H21N5O/c1-11-6-14(21-10-17-9-18-21)4-5-15(11)16(22)20-7-12(2)19-13(3)8-20/h4-6,9-10,12-13,19H,7-8H2,1-3H3/t12-,13-/m1/s1. The Balaban J connectivity index is 1.84. The van der Waals surface area contributed by atoms with Crippen molar-refractivity contribution in [3.8, 4) is 5.69 Å². The first-order valence-electron chi connectivity index (χ1n) is 7.55. The molecular formula is C16H21N5O. The summed E-state index contributed by atoms with van der Waals surface area (Å²) in [7, 11) is 0. The highest BCUT2D eigenvalue weighted by atomic mass is 16.2. The monoisotopic (exact) mass is 299 g/mol. The van der Waals surface area contributed by atoms with Crippen molar-refractivity contribution in [2.75, 3.05) is 13.1 Å². The summed E-state index contributed by atoms with van der Waals surface area (Å²) in [6.45, 7) is 7.66. The van der Waals surface area contributed by atoms with Gasteiger partial charge in [-0.3, -0.25) is 4.79 Å². The van der Waals surface area contributed by atoms with Crippen LogP contribution in [0, 0.1) is 6.92 Å². The van der Waals surface area contributed by atoms with Crippen LogP contribution >= 0.6 is 0 Å². The molecule has 1 N–H and O–H groups in total. The fourth-order valence-corrected chi connectivity index (χ4v) is 3.03. The van der Waals surface area contributed by atoms with Gasteiger partial charge in [-0.25, -0.2) is 9.67 Å². The van der Waals surface area contributed by atoms with E-state index < -0.39 is 0 Å². The summed E-state index contributed by atoms with van der Waals surface area (Å²) in [6.07, 6.45) is 3.15. The molecule has 6 nitrogen and oxygen atoms in total. The topological polar surface area (TPSA) is 63.1 Å². The lowest BCUT2D eigenvalue weighted by Crippen LogP contribution is -2.55. The second-order valence-electron chi connectivity index (χ2n) is 6.02. The van der Waals surface area contributed by atoms with E-state index in [0.29, 0.717) is 12.1 Å². The van der Waals surface area contributed by atoms with Crippen LogP contribution in [-0.2, 0) is 0 Å². The van der Waals surface area contributed by atoms with Crippen LogP contribution in [0.15, 0.2) is 30.9 Å². The van der Waals surface area contributed by atoms with Gasteiger partial charge >= 0.3 is 0 Å². The van der Waals surface area contributed by atoms with Crippen LogP contribution in [0.1, 0.15) is 29.8 Å². The van der Waals surface area contributed by atoms with E-state index in [2.05, 4.69) is 29.2 Å². The van der Waals surface area contributed by atoms with Crippen molar-refractivity contribution in [3.05, 3.63) is 42.0 Å². The molecule has 2 aromatic rings. The van der Waals surface area contributed by atoms with Crippen molar-refractivity contribution >= 4 is 5.91 Å². The second kappa shape index (κ2) is 5.88. The molecule has 0 spiro atoms. The number of nitrogens with one attached hydrogen (secondary N) is 1. The molecule has 2 heterocycles. The number of nitrogens with zero attached hydrogens (tertiary/aromatic N) is 4. The first-order chi connectivity index (χ1) is 10.5. The zero-order valence-corrected chi connectivity index (χ0v) is 13.2. The van der Waals surface area contributed by atoms with Gasteiger partial charge in [0.25, 0.3) is 5.91 Å². The largest absolute Gasteiger partial charge is 0.336 e. The maximum Gasteiger partial charge on any atom is 0.254 e. The maximum atomic E-state index is 12.8. The number of carbonyl (C=O) groups is 1. The van der Waals surface area contributed by atoms with Gasteiger partial charge in [0, 0.05) is 30.7 Å². The average molecular weight is 299 g/mol. The zero-order valence-electron chi connectivity index (χ0n) is 13.2. The first-order valence-corrected chi connectivity index (χ1v) is 7.55. The molecule has 1 aromatic carbocycles. The predicted molar refractivity (Wildman–Crippen MR) is 84.1 cm³/mol. The number of hydrogen-bond donors (Lipinski definition) is 1. The summed E-state index contributed by atoms with van der Waals surface area (Å²) in [5, 5.41) is 7.56. The Bertz CT molecular complexity index is 657. The van der Waals surface area contributed by atoms with Gasteiger partial charge in [0.05, 0.1) is 5.69 Å². The third-order valence-corrected chi connectivity index (χ3v) is 3.97. The van der Waals surface area contributed by atoms with Crippen molar-refractivity contribution in [3.63, 3.8) is 0 Å². The number of amides is 1. The lowest BCUT2D eigenvalue weighted by Gasteiger charge is -2.36. The van der Waals surface area contributed by atoms with Crippen molar-refractivity contribution in [1.82, 2.24) is 25.0 Å². The summed E-state index contributed by atoms with van der Waals surface area (Å²) in [5.74, 6) is 0.0999. The molecule has 0 radical (unpaired) electrons. The van der Waals surface area contributed by atoms with E-state index in [1.807, 2.05) is 30.0 Å². The molecule has 6 heteroatoms. The molecule has 1 saturated heterocycles. The number of aryl methyl sites for hydroxylation is 1. The molecule has 1 aliphatic rings. The molecule has 0 saturated carbocycles. The molecule has 0 bridgehead atoms. The smallest absolute Gasteiger partial charge is 0.254 e. The summed E-state index contributed by atoms with van der Waals surface area (Å²) in [5.41, 5.74) is 2.62. The summed E-state index contributed by atoms with van der Waals surface area (Å²) in [4.78, 5) is 18.7. The third-order valence-electron chi connectivity index (χ3n) is 3.97. The van der Waals surface area contributed by atoms with Gasteiger partial charge in [-0.15, -0.1) is 0 Å². The van der Waals surface area contributed by atoms with E-state index in [1.165, 1.54) is 6.33 Å². The van der Waals surface area contributed by atoms with Crippen LogP contribution in [0.4, 0.5) is 0 Å². The van der Waals surface area contributed by atoms with Crippen molar-refractivity contribution in [2.45, 2.75) is 32.9 Å². The Morgan fingerprint density at radius 1 is 1.27 bits per heavy atom. The Hall–Kier alpha value is -2.21. The number of carbonyl (C=O) groups excluding carboxylic acids is 1. The van der Waals surface area contributed by atoms with Gasteiger partial charge in [0.2, 0.25) is 0 Å². The normalized spacial score (nSPS) is 21.9. The van der Waals surface area contributed by atoms with Crippen LogP contribution in [0.5, 0.6) is 0 Å². The van der Waals surface area contributed by atoms with E-state index >= 15 is 0 Å². The highest BCUT2D eigenvalue weighted by molar-refractivity contribution is 5.96. The minimum Gasteiger partial charge on any atom is -0.336 e. The van der Waals surface area contributed by atoms with Crippen LogP contribution in [-0.4, -0.2) is 50.7 Å². The molecule has 2 atom stereocenters. The highest BCUT2D eigenvalue weighted by Gasteiger charge is 2.26. The van der Waals surface area contributed by atoms with Crippen LogP contribution in [0.2, 0.25) is 0 Å². The molecular weight excluding hydrogens is 278 g/mol. The second-order valence-corrected chi connectivity index (χ2v) is 6.02. The Labute approximate surface area is 130 Å². The average Bonchev–Trinajstić information content (AvgIpc) is 2.99. The van der Waals surface area contributed by atoms with Crippen LogP contribution in [0.25, 0.3) is 5.69 Å². The Morgan fingerprint density at radius 3 is 2.59 bits per heavy atom. The fourth-order valence-electron chi connectivity index (χ4n) is 3.03. The minimum absolute atomic E-state index is 0.0999. The van der Waals surface area contributed by atoms with E-state index in [-0.39, 0.29) is 5.91 Å². The van der Waals surface area contributed by atoms with E-state index in [9.17, 15) is 4.79 Å². The molecule has 0 aliphatic carbocycles. The lowest BCUT2D eigenvalue weighted by atomic mass is 10.0. The van der Waals surface area contributed by atoms with Crippen LogP contribution < -0.4 is 5.32 Å². The van der Waals surface area contributed by atoms with Gasteiger partial charge < -0.3 is 10.2 Å². The van der Waals surface area contributed by atoms with Crippen molar-refractivity contribution in [2.24, 2.45) is 0 Å². The van der Waals surface area contributed by atoms with Gasteiger partial charge in [-0.2, -0.15) is 5.10 Å². The predicted octanol–water partition coefficient (Wildman–Crippen LogP) is 1.40. The van der Waals surface area contributed by atoms with Crippen molar-refractivity contribution < 1.29 is 4.79 Å². The van der Waals surface area contributed by atoms with E-state index in [4.69, 9.17) is 0 Å². The molecule has 1 amide bonds. The number of piperazine rings is 1. The molecule has 116 valence electrons. The quantitative estimate of drug-likeness (QED) is 0.910. The SMILES string of the molecule is Cc1cc(-n2cncn2)ccc1C(=O)N1C[C@@H](C)N[C@H](C)C1. The van der Waals surface area contributed by atoms with Gasteiger partial charge in [0.15, 0.2) is 0 Å². The minimum atomic E-state index is 0.0999.